The van der Waals surface area contributed by atoms with Gasteiger partial charge in [-0.05, 0) is 18.6 Å². The van der Waals surface area contributed by atoms with Crippen LogP contribution in [0.4, 0.5) is 5.69 Å². The van der Waals surface area contributed by atoms with Crippen LogP contribution in [0.5, 0.6) is 5.75 Å². The average Bonchev–Trinajstić information content (AvgIpc) is 2.26. The zero-order valence-corrected chi connectivity index (χ0v) is 13.7. The summed E-state index contributed by atoms with van der Waals surface area (Å²) in [7, 11) is -2.16. The highest BCUT2D eigenvalue weighted by Crippen LogP contribution is 2.26. The van der Waals surface area contributed by atoms with E-state index in [0.29, 0.717) is 22.3 Å². The second-order valence-electron chi connectivity index (χ2n) is 3.83. The molecule has 0 fully saturated rings. The molecule has 0 aromatic heterocycles. The van der Waals surface area contributed by atoms with Crippen LogP contribution in [0.15, 0.2) is 22.7 Å². The quantitative estimate of drug-likeness (QED) is 0.754. The minimum Gasteiger partial charge on any atom is -0.497 e. The van der Waals surface area contributed by atoms with Gasteiger partial charge in [0.2, 0.25) is 10.0 Å². The Morgan fingerprint density at radius 1 is 1.53 bits per heavy atom. The van der Waals surface area contributed by atoms with Crippen molar-refractivity contribution in [3.05, 3.63) is 22.7 Å². The fourth-order valence-electron chi connectivity index (χ4n) is 1.55. The van der Waals surface area contributed by atoms with Gasteiger partial charge in [0.15, 0.2) is 0 Å². The Morgan fingerprint density at radius 3 is 2.63 bits per heavy atom. The number of hydrogen-bond acceptors (Lipinski definition) is 4. The summed E-state index contributed by atoms with van der Waals surface area (Å²) in [5.41, 5.74) is 5.84. The molecule has 0 spiro atoms. The second kappa shape index (κ2) is 6.53. The predicted molar refractivity (Wildman–Crippen MR) is 84.1 cm³/mol. The van der Waals surface area contributed by atoms with E-state index in [2.05, 4.69) is 20.7 Å². The fourth-order valence-corrected chi connectivity index (χ4v) is 3.90. The molecule has 106 valence electrons. The number of nitrogens with two attached hydrogens (primary N) is 1. The SMILES string of the molecule is CCC(C(N)=S)S(=O)(=O)Nc1cc(Br)cc(OC)c1. The summed E-state index contributed by atoms with van der Waals surface area (Å²) >= 11 is 8.06. The molecule has 1 aromatic rings. The predicted octanol–water partition coefficient (Wildman–Crippen LogP) is 2.26. The Kier molecular flexibility index (Phi) is 5.57. The summed E-state index contributed by atoms with van der Waals surface area (Å²) < 4.78 is 32.5. The van der Waals surface area contributed by atoms with Crippen molar-refractivity contribution in [2.45, 2.75) is 18.6 Å². The molecule has 19 heavy (non-hydrogen) atoms. The third-order valence-corrected chi connectivity index (χ3v) is 5.18. The summed E-state index contributed by atoms with van der Waals surface area (Å²) in [5.74, 6) is 0.537. The Balaban J connectivity index is 3.07. The molecule has 1 unspecified atom stereocenters. The molecule has 1 atom stereocenters. The molecule has 0 amide bonds. The molecule has 0 heterocycles. The van der Waals surface area contributed by atoms with Crippen molar-refractivity contribution in [2.24, 2.45) is 5.73 Å². The molecule has 0 bridgehead atoms. The number of sulfonamides is 1. The molecule has 0 saturated heterocycles. The first-order chi connectivity index (χ1) is 8.80. The molecule has 3 N–H and O–H groups in total. The number of thiocarbonyl (C=S) groups is 1. The summed E-state index contributed by atoms with van der Waals surface area (Å²) in [6.45, 7) is 1.71. The molecule has 0 radical (unpaired) electrons. The molecule has 0 saturated carbocycles. The zero-order chi connectivity index (χ0) is 14.6. The van der Waals surface area contributed by atoms with Gasteiger partial charge in [-0.15, -0.1) is 0 Å². The number of nitrogens with one attached hydrogen (secondary N) is 1. The van der Waals surface area contributed by atoms with Gasteiger partial charge < -0.3 is 10.5 Å². The van der Waals surface area contributed by atoms with Crippen LogP contribution in [0.2, 0.25) is 0 Å². The minimum atomic E-state index is -3.66. The molecular weight excluding hydrogens is 352 g/mol. The second-order valence-corrected chi connectivity index (χ2v) is 7.08. The molecule has 0 aliphatic carbocycles. The van der Waals surface area contributed by atoms with E-state index < -0.39 is 15.3 Å². The molecule has 5 nitrogen and oxygen atoms in total. The Hall–Kier alpha value is -0.860. The molecular formula is C11H15BrN2O3S2. The smallest absolute Gasteiger partial charge is 0.242 e. The lowest BCUT2D eigenvalue weighted by Crippen LogP contribution is -2.37. The van der Waals surface area contributed by atoms with Crippen molar-refractivity contribution in [3.63, 3.8) is 0 Å². The van der Waals surface area contributed by atoms with Crippen molar-refractivity contribution in [3.8, 4) is 5.75 Å². The summed E-state index contributed by atoms with van der Waals surface area (Å²) in [6.07, 6.45) is 0.315. The average molecular weight is 367 g/mol. The monoisotopic (exact) mass is 366 g/mol. The Morgan fingerprint density at radius 2 is 2.16 bits per heavy atom. The molecule has 8 heteroatoms. The van der Waals surface area contributed by atoms with E-state index in [1.807, 2.05) is 0 Å². The van der Waals surface area contributed by atoms with Gasteiger partial charge in [0, 0.05) is 10.5 Å². The lowest BCUT2D eigenvalue weighted by Gasteiger charge is -2.16. The van der Waals surface area contributed by atoms with E-state index in [-0.39, 0.29) is 4.99 Å². The topological polar surface area (TPSA) is 81.4 Å². The summed E-state index contributed by atoms with van der Waals surface area (Å²) in [4.78, 5) is -0.0445. The maximum atomic E-state index is 12.1. The van der Waals surface area contributed by atoms with Crippen LogP contribution in [-0.4, -0.2) is 25.8 Å². The van der Waals surface area contributed by atoms with Crippen LogP contribution in [0.3, 0.4) is 0 Å². The van der Waals surface area contributed by atoms with Crippen molar-refractivity contribution in [1.29, 1.82) is 0 Å². The highest BCUT2D eigenvalue weighted by Gasteiger charge is 2.26. The maximum absolute atomic E-state index is 12.1. The molecule has 1 aromatic carbocycles. The van der Waals surface area contributed by atoms with Crippen molar-refractivity contribution in [2.75, 3.05) is 11.8 Å². The standard InChI is InChI=1S/C11H15BrN2O3S2/c1-3-10(11(13)18)19(15,16)14-8-4-7(12)5-9(6-8)17-2/h4-6,10,14H,3H2,1-2H3,(H2,13,18). The third-order valence-electron chi connectivity index (χ3n) is 2.43. The number of rotatable bonds is 6. The maximum Gasteiger partial charge on any atom is 0.242 e. The van der Waals surface area contributed by atoms with E-state index in [4.69, 9.17) is 22.7 Å². The number of methoxy groups -OCH3 is 1. The molecule has 0 aliphatic heterocycles. The highest BCUT2D eigenvalue weighted by molar-refractivity contribution is 9.10. The summed E-state index contributed by atoms with van der Waals surface area (Å²) in [5, 5.41) is -0.896. The number of ether oxygens (including phenoxy) is 1. The van der Waals surface area contributed by atoms with Gasteiger partial charge in [0.25, 0.3) is 0 Å². The van der Waals surface area contributed by atoms with E-state index >= 15 is 0 Å². The highest BCUT2D eigenvalue weighted by atomic mass is 79.9. The first-order valence-electron chi connectivity index (χ1n) is 5.45. The largest absolute Gasteiger partial charge is 0.497 e. The minimum absolute atomic E-state index is 0.0445. The fraction of sp³-hybridized carbons (Fsp3) is 0.364. The van der Waals surface area contributed by atoms with Gasteiger partial charge >= 0.3 is 0 Å². The van der Waals surface area contributed by atoms with Crippen LogP contribution < -0.4 is 15.2 Å². The van der Waals surface area contributed by atoms with Crippen molar-refractivity contribution < 1.29 is 13.2 Å². The first kappa shape index (κ1) is 16.2. The lowest BCUT2D eigenvalue weighted by atomic mass is 10.3. The van der Waals surface area contributed by atoms with E-state index in [1.165, 1.54) is 7.11 Å². The van der Waals surface area contributed by atoms with E-state index in [1.54, 1.807) is 25.1 Å². The van der Waals surface area contributed by atoms with Gasteiger partial charge in [-0.25, -0.2) is 8.42 Å². The van der Waals surface area contributed by atoms with Crippen LogP contribution in [0.25, 0.3) is 0 Å². The van der Waals surface area contributed by atoms with Crippen LogP contribution in [0.1, 0.15) is 13.3 Å². The van der Waals surface area contributed by atoms with Gasteiger partial charge in [0.05, 0.1) is 17.8 Å². The van der Waals surface area contributed by atoms with Crippen molar-refractivity contribution in [1.82, 2.24) is 0 Å². The Bertz CT molecular complexity index is 575. The third kappa shape index (κ3) is 4.32. The van der Waals surface area contributed by atoms with Crippen molar-refractivity contribution >= 4 is 48.8 Å². The van der Waals surface area contributed by atoms with Gasteiger partial charge in [-0.1, -0.05) is 35.1 Å². The van der Waals surface area contributed by atoms with Gasteiger partial charge in [0.1, 0.15) is 11.0 Å². The van der Waals surface area contributed by atoms with Gasteiger partial charge in [-0.3, -0.25) is 4.72 Å². The van der Waals surface area contributed by atoms with Crippen LogP contribution >= 0.6 is 28.1 Å². The number of hydrogen-bond donors (Lipinski definition) is 2. The Labute approximate surface area is 126 Å². The summed E-state index contributed by atoms with van der Waals surface area (Å²) in [6, 6.07) is 4.93. The first-order valence-corrected chi connectivity index (χ1v) is 8.20. The number of benzene rings is 1. The van der Waals surface area contributed by atoms with Crippen LogP contribution in [0, 0.1) is 0 Å². The number of anilines is 1. The lowest BCUT2D eigenvalue weighted by molar-refractivity contribution is 0.415. The normalized spacial score (nSPS) is 12.8. The molecule has 1 rings (SSSR count). The van der Waals surface area contributed by atoms with E-state index in [0.717, 1.165) is 0 Å². The van der Waals surface area contributed by atoms with Crippen LogP contribution in [-0.2, 0) is 10.0 Å². The zero-order valence-electron chi connectivity index (χ0n) is 10.5. The molecule has 0 aliphatic rings. The number of halogens is 1. The van der Waals surface area contributed by atoms with Gasteiger partial charge in [-0.2, -0.15) is 0 Å². The van der Waals surface area contributed by atoms with E-state index in [9.17, 15) is 8.42 Å².